The SMILES string of the molecule is Cc1nc(CCNCC(C)CO)no1. The number of nitrogens with zero attached hydrogens (tertiary/aromatic N) is 2. The molecule has 0 radical (unpaired) electrons. The summed E-state index contributed by atoms with van der Waals surface area (Å²) in [7, 11) is 0. The van der Waals surface area contributed by atoms with Crippen LogP contribution in [-0.2, 0) is 6.42 Å². The molecule has 0 spiro atoms. The van der Waals surface area contributed by atoms with Crippen molar-refractivity contribution in [1.82, 2.24) is 15.5 Å². The third kappa shape index (κ3) is 3.85. The second kappa shape index (κ2) is 5.72. The van der Waals surface area contributed by atoms with Crippen molar-refractivity contribution in [3.63, 3.8) is 0 Å². The van der Waals surface area contributed by atoms with Crippen LogP contribution in [0.5, 0.6) is 0 Å². The maximum absolute atomic E-state index is 8.77. The van der Waals surface area contributed by atoms with Crippen molar-refractivity contribution in [2.24, 2.45) is 5.92 Å². The molecule has 0 fully saturated rings. The summed E-state index contributed by atoms with van der Waals surface area (Å²) in [5.74, 6) is 1.62. The highest BCUT2D eigenvalue weighted by molar-refractivity contribution is 4.84. The summed E-state index contributed by atoms with van der Waals surface area (Å²) < 4.78 is 4.83. The fraction of sp³-hybridized carbons (Fsp3) is 0.778. The van der Waals surface area contributed by atoms with Crippen LogP contribution in [0.15, 0.2) is 4.52 Å². The van der Waals surface area contributed by atoms with Gasteiger partial charge in [-0.15, -0.1) is 0 Å². The first kappa shape index (κ1) is 11.1. The maximum Gasteiger partial charge on any atom is 0.223 e. The summed E-state index contributed by atoms with van der Waals surface area (Å²) in [5.41, 5.74) is 0. The molecule has 1 aromatic heterocycles. The molecule has 1 atom stereocenters. The van der Waals surface area contributed by atoms with Gasteiger partial charge in [0.2, 0.25) is 5.89 Å². The van der Waals surface area contributed by atoms with E-state index in [0.717, 1.165) is 25.3 Å². The van der Waals surface area contributed by atoms with Gasteiger partial charge in [-0.05, 0) is 12.5 Å². The zero-order valence-corrected chi connectivity index (χ0v) is 8.66. The van der Waals surface area contributed by atoms with Gasteiger partial charge in [-0.3, -0.25) is 0 Å². The molecule has 1 aromatic rings. The monoisotopic (exact) mass is 199 g/mol. The van der Waals surface area contributed by atoms with Crippen molar-refractivity contribution in [3.8, 4) is 0 Å². The van der Waals surface area contributed by atoms with Gasteiger partial charge in [0.05, 0.1) is 0 Å². The second-order valence-corrected chi connectivity index (χ2v) is 3.47. The molecule has 1 rings (SSSR count). The minimum atomic E-state index is 0.217. The van der Waals surface area contributed by atoms with Gasteiger partial charge in [0.1, 0.15) is 0 Å². The van der Waals surface area contributed by atoms with Crippen LogP contribution in [0.25, 0.3) is 0 Å². The number of rotatable bonds is 6. The maximum atomic E-state index is 8.77. The molecule has 14 heavy (non-hydrogen) atoms. The van der Waals surface area contributed by atoms with Gasteiger partial charge in [0, 0.05) is 26.5 Å². The Morgan fingerprint density at radius 2 is 2.36 bits per heavy atom. The first-order valence-electron chi connectivity index (χ1n) is 4.83. The van der Waals surface area contributed by atoms with Crippen LogP contribution >= 0.6 is 0 Å². The van der Waals surface area contributed by atoms with E-state index in [1.54, 1.807) is 6.92 Å². The molecule has 0 saturated heterocycles. The summed E-state index contributed by atoms with van der Waals surface area (Å²) in [6.07, 6.45) is 0.759. The lowest BCUT2D eigenvalue weighted by Gasteiger charge is -2.07. The first-order valence-corrected chi connectivity index (χ1v) is 4.83. The Balaban J connectivity index is 2.10. The van der Waals surface area contributed by atoms with E-state index in [4.69, 9.17) is 9.63 Å². The number of aryl methyl sites for hydroxylation is 1. The predicted molar refractivity (Wildman–Crippen MR) is 51.9 cm³/mol. The molecule has 0 amide bonds. The van der Waals surface area contributed by atoms with Gasteiger partial charge < -0.3 is 14.9 Å². The van der Waals surface area contributed by atoms with E-state index < -0.39 is 0 Å². The molecule has 1 heterocycles. The average molecular weight is 199 g/mol. The molecule has 2 N–H and O–H groups in total. The number of nitrogens with one attached hydrogen (secondary N) is 1. The largest absolute Gasteiger partial charge is 0.396 e. The van der Waals surface area contributed by atoms with Gasteiger partial charge in [-0.25, -0.2) is 0 Å². The summed E-state index contributed by atoms with van der Waals surface area (Å²) in [4.78, 5) is 4.08. The van der Waals surface area contributed by atoms with E-state index in [0.29, 0.717) is 11.8 Å². The van der Waals surface area contributed by atoms with Gasteiger partial charge in [0.15, 0.2) is 5.82 Å². The highest BCUT2D eigenvalue weighted by Crippen LogP contribution is 1.95. The second-order valence-electron chi connectivity index (χ2n) is 3.47. The number of aliphatic hydroxyl groups excluding tert-OH is 1. The summed E-state index contributed by atoms with van der Waals surface area (Å²) in [6.45, 7) is 5.61. The Morgan fingerprint density at radius 3 is 2.93 bits per heavy atom. The average Bonchev–Trinajstić information content (AvgIpc) is 2.58. The van der Waals surface area contributed by atoms with Crippen molar-refractivity contribution < 1.29 is 9.63 Å². The van der Waals surface area contributed by atoms with E-state index in [9.17, 15) is 0 Å². The van der Waals surface area contributed by atoms with Crippen LogP contribution in [0.1, 0.15) is 18.6 Å². The Kier molecular flexibility index (Phi) is 4.55. The number of hydrogen-bond acceptors (Lipinski definition) is 5. The van der Waals surface area contributed by atoms with Crippen LogP contribution in [-0.4, -0.2) is 34.9 Å². The van der Waals surface area contributed by atoms with Crippen LogP contribution in [0.4, 0.5) is 0 Å². The lowest BCUT2D eigenvalue weighted by molar-refractivity contribution is 0.234. The fourth-order valence-electron chi connectivity index (χ4n) is 1.06. The number of hydrogen-bond donors (Lipinski definition) is 2. The van der Waals surface area contributed by atoms with Crippen molar-refractivity contribution in [1.29, 1.82) is 0 Å². The molecule has 0 aliphatic heterocycles. The number of aliphatic hydroxyl groups is 1. The molecule has 0 saturated carbocycles. The van der Waals surface area contributed by atoms with Gasteiger partial charge in [0.25, 0.3) is 0 Å². The molecule has 5 nitrogen and oxygen atoms in total. The van der Waals surface area contributed by atoms with Gasteiger partial charge in [-0.2, -0.15) is 4.98 Å². The predicted octanol–water partition coefficient (Wildman–Crippen LogP) is 0.139. The van der Waals surface area contributed by atoms with Crippen LogP contribution < -0.4 is 5.32 Å². The van der Waals surface area contributed by atoms with E-state index in [2.05, 4.69) is 15.5 Å². The minimum Gasteiger partial charge on any atom is -0.396 e. The molecule has 0 aliphatic rings. The van der Waals surface area contributed by atoms with E-state index >= 15 is 0 Å². The topological polar surface area (TPSA) is 71.2 Å². The van der Waals surface area contributed by atoms with E-state index in [1.165, 1.54) is 0 Å². The Morgan fingerprint density at radius 1 is 1.57 bits per heavy atom. The molecule has 0 aromatic carbocycles. The molecule has 0 bridgehead atoms. The zero-order chi connectivity index (χ0) is 10.4. The molecule has 80 valence electrons. The van der Waals surface area contributed by atoms with Gasteiger partial charge in [-0.1, -0.05) is 12.1 Å². The lowest BCUT2D eigenvalue weighted by atomic mass is 10.2. The quantitative estimate of drug-likeness (QED) is 0.638. The standard InChI is InChI=1S/C9H17N3O2/c1-7(6-13)5-10-4-3-9-11-8(2)14-12-9/h7,10,13H,3-6H2,1-2H3. The molecule has 1 unspecified atom stereocenters. The van der Waals surface area contributed by atoms with E-state index in [1.807, 2.05) is 6.92 Å². The zero-order valence-electron chi connectivity index (χ0n) is 8.66. The first-order chi connectivity index (χ1) is 6.72. The normalized spacial score (nSPS) is 13.1. The third-order valence-electron chi connectivity index (χ3n) is 1.90. The Hall–Kier alpha value is -0.940. The molecule has 0 aliphatic carbocycles. The van der Waals surface area contributed by atoms with Crippen LogP contribution in [0, 0.1) is 12.8 Å². The van der Waals surface area contributed by atoms with Crippen LogP contribution in [0.2, 0.25) is 0 Å². The summed E-state index contributed by atoms with van der Waals surface area (Å²) >= 11 is 0. The lowest BCUT2D eigenvalue weighted by Crippen LogP contribution is -2.25. The van der Waals surface area contributed by atoms with Crippen molar-refractivity contribution >= 4 is 0 Å². The van der Waals surface area contributed by atoms with Crippen LogP contribution in [0.3, 0.4) is 0 Å². The molecular weight excluding hydrogens is 182 g/mol. The minimum absolute atomic E-state index is 0.217. The summed E-state index contributed by atoms with van der Waals surface area (Å²) in [6, 6.07) is 0. The Bertz CT molecular complexity index is 262. The smallest absolute Gasteiger partial charge is 0.223 e. The molecule has 5 heteroatoms. The number of aromatic nitrogens is 2. The Labute approximate surface area is 83.5 Å². The van der Waals surface area contributed by atoms with E-state index in [-0.39, 0.29) is 6.61 Å². The van der Waals surface area contributed by atoms with Crippen molar-refractivity contribution in [3.05, 3.63) is 11.7 Å². The highest BCUT2D eigenvalue weighted by Gasteiger charge is 2.02. The summed E-state index contributed by atoms with van der Waals surface area (Å²) in [5, 5.41) is 15.8. The molecular formula is C9H17N3O2. The van der Waals surface area contributed by atoms with Gasteiger partial charge >= 0.3 is 0 Å². The van der Waals surface area contributed by atoms with Crippen molar-refractivity contribution in [2.45, 2.75) is 20.3 Å². The van der Waals surface area contributed by atoms with Crippen molar-refractivity contribution in [2.75, 3.05) is 19.7 Å². The highest BCUT2D eigenvalue weighted by atomic mass is 16.5. The third-order valence-corrected chi connectivity index (χ3v) is 1.90. The fourth-order valence-corrected chi connectivity index (χ4v) is 1.06.